The van der Waals surface area contributed by atoms with E-state index in [4.69, 9.17) is 23.2 Å². The van der Waals surface area contributed by atoms with Gasteiger partial charge in [-0.15, -0.1) is 11.8 Å². The van der Waals surface area contributed by atoms with Crippen molar-refractivity contribution in [3.05, 3.63) is 56.7 Å². The predicted molar refractivity (Wildman–Crippen MR) is 130 cm³/mol. The fourth-order valence-corrected chi connectivity index (χ4v) is 4.53. The molecule has 0 saturated carbocycles. The zero-order chi connectivity index (χ0) is 22.4. The summed E-state index contributed by atoms with van der Waals surface area (Å²) in [6.07, 6.45) is 5.63. The Morgan fingerprint density at radius 2 is 2.06 bits per heavy atom. The Labute approximate surface area is 197 Å². The van der Waals surface area contributed by atoms with Crippen molar-refractivity contribution in [2.45, 2.75) is 25.6 Å². The van der Waals surface area contributed by atoms with Crippen molar-refractivity contribution in [1.82, 2.24) is 20.5 Å². The molecule has 0 radical (unpaired) electrons. The van der Waals surface area contributed by atoms with Crippen molar-refractivity contribution < 1.29 is 4.39 Å². The molecule has 2 aliphatic heterocycles. The smallest absolute Gasteiger partial charge is 0.144 e. The maximum atomic E-state index is 13.6. The summed E-state index contributed by atoms with van der Waals surface area (Å²) < 4.78 is 13.6. The van der Waals surface area contributed by atoms with Crippen LogP contribution in [0.3, 0.4) is 0 Å². The Morgan fingerprint density at radius 3 is 2.74 bits per heavy atom. The van der Waals surface area contributed by atoms with E-state index in [2.05, 4.69) is 37.7 Å². The minimum absolute atomic E-state index is 0.0602. The molecule has 1 aromatic carbocycles. The molecule has 2 N–H and O–H groups in total. The number of piperazine rings is 1. The van der Waals surface area contributed by atoms with Gasteiger partial charge in [0.15, 0.2) is 0 Å². The van der Waals surface area contributed by atoms with Gasteiger partial charge in [0.25, 0.3) is 0 Å². The molecule has 10 heteroatoms. The van der Waals surface area contributed by atoms with E-state index < -0.39 is 5.82 Å². The molecule has 0 aromatic heterocycles. The highest BCUT2D eigenvalue weighted by Crippen LogP contribution is 2.32. The second-order valence-electron chi connectivity index (χ2n) is 7.46. The normalized spacial score (nSPS) is 20.5. The van der Waals surface area contributed by atoms with Gasteiger partial charge >= 0.3 is 0 Å². The SMILES string of the molecule is CC(=CN/N=C(\C)C1C=NC(N2CCN(C)CC2)=CN1)SCc1c(Cl)ccc(F)c1Cl. The third kappa shape index (κ3) is 6.62. The Hall–Kier alpha value is -1.74. The number of nitrogens with zero attached hydrogens (tertiary/aromatic N) is 4. The summed E-state index contributed by atoms with van der Waals surface area (Å²) >= 11 is 13.7. The van der Waals surface area contributed by atoms with Crippen molar-refractivity contribution in [3.63, 3.8) is 0 Å². The first kappa shape index (κ1) is 23.9. The fraction of sp³-hybridized carbons (Fsp3) is 0.429. The number of halogens is 3. The molecule has 0 amide bonds. The summed E-state index contributed by atoms with van der Waals surface area (Å²) in [6.45, 7) is 7.93. The van der Waals surface area contributed by atoms with Crippen LogP contribution in [0.4, 0.5) is 4.39 Å². The Kier molecular flexibility index (Phi) is 8.66. The molecule has 0 bridgehead atoms. The molecular weight excluding hydrogens is 458 g/mol. The van der Waals surface area contributed by atoms with Crippen LogP contribution < -0.4 is 10.7 Å². The van der Waals surface area contributed by atoms with E-state index in [0.29, 0.717) is 16.3 Å². The Morgan fingerprint density at radius 1 is 1.32 bits per heavy atom. The average Bonchev–Trinajstić information content (AvgIpc) is 2.77. The number of allylic oxidation sites excluding steroid dienone is 1. The minimum atomic E-state index is -0.465. The van der Waals surface area contributed by atoms with Gasteiger partial charge in [-0.3, -0.25) is 5.43 Å². The molecule has 2 aliphatic rings. The van der Waals surface area contributed by atoms with Crippen LogP contribution in [-0.2, 0) is 5.75 Å². The highest BCUT2D eigenvalue weighted by atomic mass is 35.5. The van der Waals surface area contributed by atoms with Crippen LogP contribution >= 0.6 is 35.0 Å². The van der Waals surface area contributed by atoms with Crippen LogP contribution in [0.1, 0.15) is 19.4 Å². The van der Waals surface area contributed by atoms with Crippen LogP contribution in [0.5, 0.6) is 0 Å². The van der Waals surface area contributed by atoms with Gasteiger partial charge in [0.1, 0.15) is 17.7 Å². The van der Waals surface area contributed by atoms with Crippen molar-refractivity contribution in [3.8, 4) is 0 Å². The van der Waals surface area contributed by atoms with Gasteiger partial charge in [-0.05, 0) is 37.9 Å². The lowest BCUT2D eigenvalue weighted by atomic mass is 10.2. The summed E-state index contributed by atoms with van der Waals surface area (Å²) in [5.74, 6) is 0.971. The topological polar surface area (TPSA) is 55.3 Å². The van der Waals surface area contributed by atoms with Crippen LogP contribution in [0.2, 0.25) is 10.0 Å². The van der Waals surface area contributed by atoms with Crippen molar-refractivity contribution in [1.29, 1.82) is 0 Å². The molecule has 2 heterocycles. The summed E-state index contributed by atoms with van der Waals surface area (Å²) in [5, 5.41) is 8.28. The van der Waals surface area contributed by atoms with E-state index in [1.165, 1.54) is 23.9 Å². The van der Waals surface area contributed by atoms with Gasteiger partial charge in [0, 0.05) is 61.1 Å². The molecule has 3 rings (SSSR count). The standard InChI is InChI=1S/C21H27Cl2FN6S/c1-14(31-13-16-17(22)4-5-18(24)21(16)23)10-27-28-15(2)19-11-26-20(12-25-19)30-8-6-29(3)7-9-30/h4-5,10-12,19,25,27H,6-9,13H2,1-3H3/b14-10?,28-15+. The van der Waals surface area contributed by atoms with Crippen LogP contribution in [0.25, 0.3) is 0 Å². The second kappa shape index (κ2) is 11.2. The maximum Gasteiger partial charge on any atom is 0.144 e. The molecule has 0 spiro atoms. The fourth-order valence-electron chi connectivity index (χ4n) is 3.06. The van der Waals surface area contributed by atoms with Crippen molar-refractivity contribution in [2.24, 2.45) is 10.1 Å². The van der Waals surface area contributed by atoms with E-state index in [9.17, 15) is 4.39 Å². The minimum Gasteiger partial charge on any atom is -0.375 e. The first-order chi connectivity index (χ1) is 14.8. The van der Waals surface area contributed by atoms with E-state index in [1.807, 2.05) is 26.3 Å². The van der Waals surface area contributed by atoms with Crippen LogP contribution in [-0.4, -0.2) is 61.0 Å². The first-order valence-electron chi connectivity index (χ1n) is 10.0. The van der Waals surface area contributed by atoms with E-state index in [0.717, 1.165) is 42.6 Å². The number of hydrogen-bond acceptors (Lipinski definition) is 7. The van der Waals surface area contributed by atoms with Gasteiger partial charge in [-0.1, -0.05) is 23.2 Å². The van der Waals surface area contributed by atoms with Gasteiger partial charge in [0.2, 0.25) is 0 Å². The summed E-state index contributed by atoms with van der Waals surface area (Å²) in [5.41, 5.74) is 4.42. The van der Waals surface area contributed by atoms with Crippen LogP contribution in [0.15, 0.2) is 45.4 Å². The molecule has 1 atom stereocenters. The summed E-state index contributed by atoms with van der Waals surface area (Å²) in [7, 11) is 2.14. The third-order valence-corrected chi connectivity index (χ3v) is 6.89. The zero-order valence-electron chi connectivity index (χ0n) is 17.8. The number of rotatable bonds is 7. The van der Waals surface area contributed by atoms with E-state index >= 15 is 0 Å². The highest BCUT2D eigenvalue weighted by molar-refractivity contribution is 8.02. The van der Waals surface area contributed by atoms with Gasteiger partial charge in [-0.25, -0.2) is 9.38 Å². The number of aliphatic imine (C=N–C) groups is 1. The predicted octanol–water partition coefficient (Wildman–Crippen LogP) is 4.28. The molecule has 1 aromatic rings. The molecule has 0 aliphatic carbocycles. The first-order valence-corrected chi connectivity index (χ1v) is 11.7. The molecule has 1 fully saturated rings. The number of likely N-dealkylation sites (N-methyl/N-ethyl adjacent to an activating group) is 1. The summed E-state index contributed by atoms with van der Waals surface area (Å²) in [4.78, 5) is 10.2. The number of benzene rings is 1. The quantitative estimate of drug-likeness (QED) is 0.343. The molecule has 1 unspecified atom stereocenters. The molecular formula is C21H27Cl2FN6S. The number of hydrazone groups is 1. The lowest BCUT2D eigenvalue weighted by Gasteiger charge is -2.35. The highest BCUT2D eigenvalue weighted by Gasteiger charge is 2.19. The average molecular weight is 485 g/mol. The van der Waals surface area contributed by atoms with Gasteiger partial charge in [0.05, 0.1) is 10.7 Å². The monoisotopic (exact) mass is 484 g/mol. The molecule has 6 nitrogen and oxygen atoms in total. The summed E-state index contributed by atoms with van der Waals surface area (Å²) in [6, 6.07) is 2.73. The lowest BCUT2D eigenvalue weighted by molar-refractivity contribution is 0.184. The number of thioether (sulfide) groups is 1. The Bertz CT molecular complexity index is 909. The number of hydrogen-bond donors (Lipinski definition) is 2. The molecule has 168 valence electrons. The van der Waals surface area contributed by atoms with Gasteiger partial charge < -0.3 is 15.1 Å². The maximum absolute atomic E-state index is 13.6. The van der Waals surface area contributed by atoms with Gasteiger partial charge in [-0.2, -0.15) is 5.10 Å². The van der Waals surface area contributed by atoms with E-state index in [-0.39, 0.29) is 11.1 Å². The largest absolute Gasteiger partial charge is 0.375 e. The molecule has 31 heavy (non-hydrogen) atoms. The van der Waals surface area contributed by atoms with Crippen molar-refractivity contribution in [2.75, 3.05) is 33.2 Å². The number of nitrogens with one attached hydrogen (secondary N) is 2. The second-order valence-corrected chi connectivity index (χ2v) is 9.47. The lowest BCUT2D eigenvalue weighted by Crippen LogP contribution is -2.45. The third-order valence-electron chi connectivity index (χ3n) is 5.12. The van der Waals surface area contributed by atoms with E-state index in [1.54, 1.807) is 6.20 Å². The van der Waals surface area contributed by atoms with Crippen molar-refractivity contribution >= 4 is 46.9 Å². The van der Waals surface area contributed by atoms with Crippen LogP contribution in [0, 0.1) is 5.82 Å². The zero-order valence-corrected chi connectivity index (χ0v) is 20.2. The Balaban J connectivity index is 1.48. The molecule has 1 saturated heterocycles.